The molecule has 0 bridgehead atoms. The highest BCUT2D eigenvalue weighted by atomic mass is 16.5. The Labute approximate surface area is 118 Å². The summed E-state index contributed by atoms with van der Waals surface area (Å²) in [5, 5.41) is 2.85. The molecule has 1 heterocycles. The minimum atomic E-state index is -0.0740. The van der Waals surface area contributed by atoms with E-state index < -0.39 is 0 Å². The molecule has 0 radical (unpaired) electrons. The quantitative estimate of drug-likeness (QED) is 0.911. The van der Waals surface area contributed by atoms with Gasteiger partial charge in [0.2, 0.25) is 5.91 Å². The number of benzene rings is 1. The molecule has 0 aliphatic rings. The molecule has 0 aliphatic heterocycles. The third kappa shape index (κ3) is 3.38. The van der Waals surface area contributed by atoms with Crippen molar-refractivity contribution in [3.8, 4) is 5.75 Å². The molecule has 1 N–H and O–H groups in total. The van der Waals surface area contributed by atoms with E-state index in [4.69, 9.17) is 4.74 Å². The summed E-state index contributed by atoms with van der Waals surface area (Å²) in [4.78, 5) is 16.3. The van der Waals surface area contributed by atoms with Gasteiger partial charge in [-0.05, 0) is 24.3 Å². The normalized spacial score (nSPS) is 10.6. The first-order chi connectivity index (χ1) is 9.60. The number of aromatic nitrogens is 2. The van der Waals surface area contributed by atoms with Gasteiger partial charge in [0.05, 0.1) is 7.11 Å². The molecular weight excluding hydrogens is 254 g/mol. The zero-order chi connectivity index (χ0) is 14.5. The standard InChI is InChI=1S/C15H19N3O2/c1-11(2)15-16-8-9-18(15)10-14(19)17-12-4-6-13(20-3)7-5-12/h4-9,11H,10H2,1-3H3,(H,17,19). The van der Waals surface area contributed by atoms with Gasteiger partial charge < -0.3 is 14.6 Å². The number of amides is 1. The summed E-state index contributed by atoms with van der Waals surface area (Å²) in [6.07, 6.45) is 3.54. The second-order valence-electron chi connectivity index (χ2n) is 4.84. The third-order valence-electron chi connectivity index (χ3n) is 2.95. The minimum absolute atomic E-state index is 0.0740. The highest BCUT2D eigenvalue weighted by molar-refractivity contribution is 5.90. The van der Waals surface area contributed by atoms with E-state index in [2.05, 4.69) is 24.1 Å². The van der Waals surface area contributed by atoms with E-state index in [0.717, 1.165) is 17.3 Å². The number of rotatable bonds is 5. The van der Waals surface area contributed by atoms with Crippen molar-refractivity contribution in [1.29, 1.82) is 0 Å². The van der Waals surface area contributed by atoms with E-state index in [1.54, 1.807) is 13.3 Å². The Balaban J connectivity index is 1.99. The van der Waals surface area contributed by atoms with E-state index in [9.17, 15) is 4.79 Å². The molecule has 20 heavy (non-hydrogen) atoms. The van der Waals surface area contributed by atoms with Crippen molar-refractivity contribution in [2.24, 2.45) is 0 Å². The molecule has 1 aromatic heterocycles. The van der Waals surface area contributed by atoms with Crippen LogP contribution in [0.2, 0.25) is 0 Å². The second kappa shape index (κ2) is 6.23. The molecule has 0 unspecified atom stereocenters. The molecule has 0 fully saturated rings. The molecule has 0 aliphatic carbocycles. The van der Waals surface area contributed by atoms with Crippen molar-refractivity contribution in [3.63, 3.8) is 0 Å². The fourth-order valence-electron chi connectivity index (χ4n) is 1.98. The second-order valence-corrected chi connectivity index (χ2v) is 4.84. The fraction of sp³-hybridized carbons (Fsp3) is 0.333. The highest BCUT2D eigenvalue weighted by Crippen LogP contribution is 2.15. The lowest BCUT2D eigenvalue weighted by Crippen LogP contribution is -2.20. The van der Waals surface area contributed by atoms with Crippen molar-refractivity contribution in [1.82, 2.24) is 9.55 Å². The molecule has 0 saturated carbocycles. The number of hydrogen-bond donors (Lipinski definition) is 1. The van der Waals surface area contributed by atoms with Crippen molar-refractivity contribution in [3.05, 3.63) is 42.5 Å². The maximum atomic E-state index is 12.0. The molecule has 0 saturated heterocycles. The van der Waals surface area contributed by atoms with E-state index in [1.807, 2.05) is 35.0 Å². The Morgan fingerprint density at radius 2 is 2.05 bits per heavy atom. The number of carbonyl (C=O) groups excluding carboxylic acids is 1. The molecule has 2 rings (SSSR count). The molecule has 106 valence electrons. The molecular formula is C15H19N3O2. The summed E-state index contributed by atoms with van der Waals surface area (Å²) in [6.45, 7) is 4.37. The number of nitrogens with zero attached hydrogens (tertiary/aromatic N) is 2. The van der Waals surface area contributed by atoms with E-state index in [1.165, 1.54) is 0 Å². The van der Waals surface area contributed by atoms with Gasteiger partial charge in [0.1, 0.15) is 18.1 Å². The SMILES string of the molecule is COc1ccc(NC(=O)Cn2ccnc2C(C)C)cc1. The lowest BCUT2D eigenvalue weighted by Gasteiger charge is -2.11. The summed E-state index contributed by atoms with van der Waals surface area (Å²) in [6, 6.07) is 7.25. The fourth-order valence-corrected chi connectivity index (χ4v) is 1.98. The smallest absolute Gasteiger partial charge is 0.244 e. The molecule has 1 aromatic carbocycles. The van der Waals surface area contributed by atoms with Gasteiger partial charge >= 0.3 is 0 Å². The zero-order valence-electron chi connectivity index (χ0n) is 12.0. The number of imidazole rings is 1. The van der Waals surface area contributed by atoms with Crippen LogP contribution in [-0.4, -0.2) is 22.6 Å². The van der Waals surface area contributed by atoms with Gasteiger partial charge in [-0.1, -0.05) is 13.8 Å². The predicted octanol–water partition coefficient (Wildman–Crippen LogP) is 2.65. The van der Waals surface area contributed by atoms with E-state index in [0.29, 0.717) is 5.92 Å². The van der Waals surface area contributed by atoms with Gasteiger partial charge in [-0.25, -0.2) is 4.98 Å². The van der Waals surface area contributed by atoms with Gasteiger partial charge in [-0.15, -0.1) is 0 Å². The molecule has 0 atom stereocenters. The lowest BCUT2D eigenvalue weighted by atomic mass is 10.2. The average Bonchev–Trinajstić information content (AvgIpc) is 2.87. The number of hydrogen-bond acceptors (Lipinski definition) is 3. The predicted molar refractivity (Wildman–Crippen MR) is 77.9 cm³/mol. The maximum absolute atomic E-state index is 12.0. The van der Waals surface area contributed by atoms with Gasteiger partial charge in [-0.3, -0.25) is 4.79 Å². The van der Waals surface area contributed by atoms with Gasteiger partial charge in [0.15, 0.2) is 0 Å². The number of anilines is 1. The Hall–Kier alpha value is -2.30. The number of carbonyl (C=O) groups is 1. The summed E-state index contributed by atoms with van der Waals surface area (Å²) in [5.41, 5.74) is 0.752. The third-order valence-corrected chi connectivity index (χ3v) is 2.95. The van der Waals surface area contributed by atoms with Crippen LogP contribution in [-0.2, 0) is 11.3 Å². The van der Waals surface area contributed by atoms with Crippen molar-refractivity contribution in [2.75, 3.05) is 12.4 Å². The molecule has 0 spiro atoms. The number of nitrogens with one attached hydrogen (secondary N) is 1. The molecule has 5 heteroatoms. The first-order valence-corrected chi connectivity index (χ1v) is 6.55. The lowest BCUT2D eigenvalue weighted by molar-refractivity contribution is -0.116. The van der Waals surface area contributed by atoms with Gasteiger partial charge in [0, 0.05) is 24.0 Å². The Bertz CT molecular complexity index is 573. The van der Waals surface area contributed by atoms with E-state index >= 15 is 0 Å². The van der Waals surface area contributed by atoms with Crippen LogP contribution in [0.25, 0.3) is 0 Å². The maximum Gasteiger partial charge on any atom is 0.244 e. The van der Waals surface area contributed by atoms with Crippen LogP contribution in [0.4, 0.5) is 5.69 Å². The topological polar surface area (TPSA) is 56.1 Å². The number of methoxy groups -OCH3 is 1. The first-order valence-electron chi connectivity index (χ1n) is 6.55. The first kappa shape index (κ1) is 14.1. The average molecular weight is 273 g/mol. The van der Waals surface area contributed by atoms with Crippen LogP contribution < -0.4 is 10.1 Å². The Kier molecular flexibility index (Phi) is 4.40. The van der Waals surface area contributed by atoms with Crippen LogP contribution in [0.5, 0.6) is 5.75 Å². The minimum Gasteiger partial charge on any atom is -0.497 e. The number of ether oxygens (including phenoxy) is 1. The van der Waals surface area contributed by atoms with Gasteiger partial charge in [0.25, 0.3) is 0 Å². The van der Waals surface area contributed by atoms with Crippen molar-refractivity contribution < 1.29 is 9.53 Å². The Morgan fingerprint density at radius 1 is 1.35 bits per heavy atom. The summed E-state index contributed by atoms with van der Waals surface area (Å²) in [7, 11) is 1.61. The van der Waals surface area contributed by atoms with Gasteiger partial charge in [-0.2, -0.15) is 0 Å². The van der Waals surface area contributed by atoms with Crippen LogP contribution in [0, 0.1) is 0 Å². The van der Waals surface area contributed by atoms with Crippen LogP contribution in [0.15, 0.2) is 36.7 Å². The zero-order valence-corrected chi connectivity index (χ0v) is 12.0. The van der Waals surface area contributed by atoms with Crippen LogP contribution in [0.3, 0.4) is 0 Å². The highest BCUT2D eigenvalue weighted by Gasteiger charge is 2.10. The summed E-state index contributed by atoms with van der Waals surface area (Å²) < 4.78 is 6.94. The van der Waals surface area contributed by atoms with Crippen LogP contribution in [0.1, 0.15) is 25.6 Å². The largest absolute Gasteiger partial charge is 0.497 e. The molecule has 1 amide bonds. The Morgan fingerprint density at radius 3 is 2.65 bits per heavy atom. The summed E-state index contributed by atoms with van der Waals surface area (Å²) >= 11 is 0. The van der Waals surface area contributed by atoms with Crippen molar-refractivity contribution in [2.45, 2.75) is 26.3 Å². The van der Waals surface area contributed by atoms with Crippen LogP contribution >= 0.6 is 0 Å². The monoisotopic (exact) mass is 273 g/mol. The van der Waals surface area contributed by atoms with Crippen molar-refractivity contribution >= 4 is 11.6 Å². The molecule has 5 nitrogen and oxygen atoms in total. The van der Waals surface area contributed by atoms with E-state index in [-0.39, 0.29) is 12.5 Å². The molecule has 2 aromatic rings. The summed E-state index contributed by atoms with van der Waals surface area (Å²) in [5.74, 6) is 1.89.